The van der Waals surface area contributed by atoms with Crippen molar-refractivity contribution < 1.29 is 4.79 Å². The second kappa shape index (κ2) is 8.98. The number of hydrogen-bond donors (Lipinski definition) is 5. The number of nitrogens with zero attached hydrogens (tertiary/aromatic N) is 2. The summed E-state index contributed by atoms with van der Waals surface area (Å²) in [7, 11) is 0. The number of nitrogen functional groups attached to an aromatic ring is 1. The summed E-state index contributed by atoms with van der Waals surface area (Å²) in [5.41, 5.74) is 12.5. The van der Waals surface area contributed by atoms with Crippen molar-refractivity contribution in [3.8, 4) is 22.6 Å². The lowest BCUT2D eigenvalue weighted by atomic mass is 9.86. The Morgan fingerprint density at radius 1 is 0.923 bits per heavy atom. The van der Waals surface area contributed by atoms with Crippen LogP contribution in [0.3, 0.4) is 0 Å². The molecule has 1 amide bonds. The number of carbonyl (C=O) groups excluding carboxylic acids is 1. The molecule has 0 aliphatic rings. The highest BCUT2D eigenvalue weighted by molar-refractivity contribution is 6.08. The molecule has 6 aromatic rings. The van der Waals surface area contributed by atoms with Crippen LogP contribution in [0, 0.1) is 0 Å². The van der Waals surface area contributed by atoms with E-state index in [1.165, 1.54) is 5.56 Å². The third kappa shape index (κ3) is 4.44. The van der Waals surface area contributed by atoms with E-state index >= 15 is 0 Å². The van der Waals surface area contributed by atoms with E-state index in [-0.39, 0.29) is 22.6 Å². The van der Waals surface area contributed by atoms with Gasteiger partial charge in [0.05, 0.1) is 28.1 Å². The van der Waals surface area contributed by atoms with Crippen molar-refractivity contribution >= 4 is 39.3 Å². The lowest BCUT2D eigenvalue weighted by molar-refractivity contribution is 0.102. The fraction of sp³-hybridized carbons (Fsp3) is 0.133. The summed E-state index contributed by atoms with van der Waals surface area (Å²) in [6.45, 7) is 6.52. The Morgan fingerprint density at radius 3 is 2.46 bits per heavy atom. The lowest BCUT2D eigenvalue weighted by Crippen LogP contribution is -2.12. The number of H-pyrrole nitrogens is 3. The van der Waals surface area contributed by atoms with Gasteiger partial charge in [0.2, 0.25) is 0 Å². The normalized spacial score (nSPS) is 11.8. The van der Waals surface area contributed by atoms with Crippen molar-refractivity contribution in [2.75, 3.05) is 11.1 Å². The first kappa shape index (κ1) is 24.2. The number of hydrogen-bond acceptors (Lipinski definition) is 5. The van der Waals surface area contributed by atoms with Crippen LogP contribution in [0.5, 0.6) is 0 Å². The highest BCUT2D eigenvalue weighted by Crippen LogP contribution is 2.32. The molecular formula is C30H27N7O2. The molecule has 0 unspecified atom stereocenters. The summed E-state index contributed by atoms with van der Waals surface area (Å²) in [6.07, 6.45) is 0. The van der Waals surface area contributed by atoms with E-state index in [9.17, 15) is 9.59 Å². The number of aromatic nitrogens is 5. The first-order valence-electron chi connectivity index (χ1n) is 12.6. The molecule has 0 radical (unpaired) electrons. The van der Waals surface area contributed by atoms with E-state index < -0.39 is 0 Å². The lowest BCUT2D eigenvalue weighted by Gasteiger charge is -2.18. The van der Waals surface area contributed by atoms with Gasteiger partial charge < -0.3 is 21.0 Å². The van der Waals surface area contributed by atoms with Gasteiger partial charge in [-0.3, -0.25) is 14.7 Å². The van der Waals surface area contributed by atoms with E-state index in [1.807, 2.05) is 30.3 Å². The molecule has 39 heavy (non-hydrogen) atoms. The predicted octanol–water partition coefficient (Wildman–Crippen LogP) is 5.59. The van der Waals surface area contributed by atoms with Crippen LogP contribution >= 0.6 is 0 Å². The van der Waals surface area contributed by atoms with Crippen LogP contribution in [0.4, 0.5) is 11.5 Å². The quantitative estimate of drug-likeness (QED) is 0.207. The van der Waals surface area contributed by atoms with E-state index in [2.05, 4.69) is 63.4 Å². The van der Waals surface area contributed by atoms with Crippen molar-refractivity contribution in [3.05, 3.63) is 94.3 Å². The molecule has 0 fully saturated rings. The molecule has 0 aliphatic heterocycles. The van der Waals surface area contributed by atoms with E-state index in [1.54, 1.807) is 30.3 Å². The molecule has 194 valence electrons. The van der Waals surface area contributed by atoms with Gasteiger partial charge in [-0.1, -0.05) is 57.2 Å². The van der Waals surface area contributed by atoms with Crippen LogP contribution in [0.1, 0.15) is 36.7 Å². The molecule has 6 N–H and O–H groups in total. The molecule has 0 saturated carbocycles. The third-order valence-corrected chi connectivity index (χ3v) is 6.82. The van der Waals surface area contributed by atoms with Crippen molar-refractivity contribution in [1.29, 1.82) is 0 Å². The van der Waals surface area contributed by atoms with Crippen LogP contribution in [0.2, 0.25) is 0 Å². The largest absolute Gasteiger partial charge is 0.396 e. The molecule has 6 rings (SSSR count). The number of para-hydroxylation sites is 2. The maximum Gasteiger partial charge on any atom is 0.276 e. The monoisotopic (exact) mass is 517 g/mol. The Hall–Kier alpha value is -5.18. The van der Waals surface area contributed by atoms with Crippen molar-refractivity contribution in [1.82, 2.24) is 25.1 Å². The van der Waals surface area contributed by atoms with Crippen LogP contribution < -0.4 is 16.6 Å². The number of nitrogens with one attached hydrogen (secondary N) is 4. The Balaban J connectivity index is 1.26. The number of aromatic amines is 3. The van der Waals surface area contributed by atoms with Crippen LogP contribution in [-0.4, -0.2) is 31.1 Å². The van der Waals surface area contributed by atoms with Gasteiger partial charge in [-0.25, -0.2) is 4.98 Å². The fourth-order valence-electron chi connectivity index (χ4n) is 4.61. The molecule has 0 spiro atoms. The third-order valence-electron chi connectivity index (χ3n) is 6.82. The SMILES string of the molecule is CC(C)(C)c1ccc(-c2cc(NC(=O)c3ccc4[nH]c(-c5nc6ccccc6[nH]c5=O)c(N)c4c3)n[nH]2)cc1. The van der Waals surface area contributed by atoms with Crippen molar-refractivity contribution in [2.45, 2.75) is 26.2 Å². The Labute approximate surface area is 223 Å². The number of carbonyl (C=O) groups is 1. The van der Waals surface area contributed by atoms with Gasteiger partial charge in [0, 0.05) is 22.5 Å². The number of amides is 1. The summed E-state index contributed by atoms with van der Waals surface area (Å²) in [5.74, 6) is 0.0754. The Bertz CT molecular complexity index is 1920. The second-order valence-corrected chi connectivity index (χ2v) is 10.6. The van der Waals surface area contributed by atoms with E-state index in [4.69, 9.17) is 5.73 Å². The molecule has 3 heterocycles. The second-order valence-electron chi connectivity index (χ2n) is 10.6. The minimum atomic E-state index is -0.354. The highest BCUT2D eigenvalue weighted by atomic mass is 16.1. The first-order valence-corrected chi connectivity index (χ1v) is 12.6. The van der Waals surface area contributed by atoms with Gasteiger partial charge in [0.1, 0.15) is 0 Å². The van der Waals surface area contributed by atoms with Crippen LogP contribution in [-0.2, 0) is 5.41 Å². The molecular weight excluding hydrogens is 490 g/mol. The van der Waals surface area contributed by atoms with Gasteiger partial charge in [0.15, 0.2) is 11.5 Å². The average Bonchev–Trinajstić information content (AvgIpc) is 3.52. The van der Waals surface area contributed by atoms with Crippen molar-refractivity contribution in [2.24, 2.45) is 0 Å². The summed E-state index contributed by atoms with van der Waals surface area (Å²) >= 11 is 0. The minimum absolute atomic E-state index is 0.0675. The summed E-state index contributed by atoms with van der Waals surface area (Å²) in [4.78, 5) is 36.3. The highest BCUT2D eigenvalue weighted by Gasteiger charge is 2.18. The summed E-state index contributed by atoms with van der Waals surface area (Å²) < 4.78 is 0. The molecule has 3 aromatic heterocycles. The smallest absolute Gasteiger partial charge is 0.276 e. The number of nitrogens with two attached hydrogens (primary N) is 1. The molecule has 9 nitrogen and oxygen atoms in total. The zero-order valence-corrected chi connectivity index (χ0v) is 21.7. The molecule has 9 heteroatoms. The zero-order chi connectivity index (χ0) is 27.3. The molecule has 0 bridgehead atoms. The van der Waals surface area contributed by atoms with E-state index in [0.29, 0.717) is 44.7 Å². The van der Waals surface area contributed by atoms with Gasteiger partial charge in [-0.2, -0.15) is 5.10 Å². The zero-order valence-electron chi connectivity index (χ0n) is 21.7. The number of anilines is 2. The average molecular weight is 518 g/mol. The summed E-state index contributed by atoms with van der Waals surface area (Å²) in [6, 6.07) is 22.5. The first-order chi connectivity index (χ1) is 18.7. The topological polar surface area (TPSA) is 145 Å². The van der Waals surface area contributed by atoms with Gasteiger partial charge in [-0.15, -0.1) is 0 Å². The Morgan fingerprint density at radius 2 is 1.69 bits per heavy atom. The van der Waals surface area contributed by atoms with Gasteiger partial charge in [-0.05, 0) is 46.9 Å². The number of fused-ring (bicyclic) bond motifs is 2. The van der Waals surface area contributed by atoms with E-state index in [0.717, 1.165) is 11.3 Å². The fourth-order valence-corrected chi connectivity index (χ4v) is 4.61. The molecule has 0 atom stereocenters. The van der Waals surface area contributed by atoms with Gasteiger partial charge in [0.25, 0.3) is 11.5 Å². The maximum absolute atomic E-state index is 13.1. The minimum Gasteiger partial charge on any atom is -0.396 e. The Kier molecular flexibility index (Phi) is 5.57. The molecule has 0 aliphatic carbocycles. The predicted molar refractivity (Wildman–Crippen MR) is 155 cm³/mol. The standard InChI is InChI=1S/C30H27N7O2/c1-30(2,3)18-11-8-16(9-12-18)23-15-24(37-36-23)35-28(38)17-10-13-20-19(14-17)25(31)26(32-20)27-29(39)34-22-7-5-4-6-21(22)33-27/h4-15,32H,31H2,1-3H3,(H,34,39)(H2,35,36,37,38). The molecule has 3 aromatic carbocycles. The maximum atomic E-state index is 13.1. The molecule has 0 saturated heterocycles. The number of rotatable bonds is 4. The van der Waals surface area contributed by atoms with Crippen LogP contribution in [0.25, 0.3) is 44.6 Å². The van der Waals surface area contributed by atoms with Crippen LogP contribution in [0.15, 0.2) is 77.6 Å². The number of benzene rings is 3. The van der Waals surface area contributed by atoms with Crippen molar-refractivity contribution in [3.63, 3.8) is 0 Å². The summed E-state index contributed by atoms with van der Waals surface area (Å²) in [5, 5.41) is 10.7. The van der Waals surface area contributed by atoms with Gasteiger partial charge >= 0.3 is 0 Å².